The SMILES string of the molecule is CC(=O)c1cc(I)cc(C(F)F)c1Br. The van der Waals surface area contributed by atoms with E-state index in [1.807, 2.05) is 22.6 Å². The molecule has 0 atom stereocenters. The molecule has 1 rings (SSSR count). The third-order valence-corrected chi connectivity index (χ3v) is 3.19. The highest BCUT2D eigenvalue weighted by molar-refractivity contribution is 14.1. The standard InChI is InChI=1S/C9H6BrF2IO/c1-4(14)6-2-5(13)3-7(8(6)10)9(11)12/h2-3,9H,1H3. The van der Waals surface area contributed by atoms with Crippen molar-refractivity contribution in [3.8, 4) is 0 Å². The van der Waals surface area contributed by atoms with Crippen molar-refractivity contribution >= 4 is 44.3 Å². The molecule has 1 aromatic rings. The Balaban J connectivity index is 3.40. The van der Waals surface area contributed by atoms with Gasteiger partial charge in [-0.15, -0.1) is 0 Å². The zero-order valence-electron chi connectivity index (χ0n) is 7.15. The first-order valence-electron chi connectivity index (χ1n) is 3.71. The first kappa shape index (κ1) is 12.0. The van der Waals surface area contributed by atoms with Crippen LogP contribution in [0, 0.1) is 3.57 Å². The molecule has 0 aliphatic rings. The van der Waals surface area contributed by atoms with Gasteiger partial charge >= 0.3 is 0 Å². The number of hydrogen-bond donors (Lipinski definition) is 0. The van der Waals surface area contributed by atoms with Gasteiger partial charge in [0.1, 0.15) is 0 Å². The Morgan fingerprint density at radius 1 is 1.50 bits per heavy atom. The van der Waals surface area contributed by atoms with Crippen LogP contribution in [0.15, 0.2) is 16.6 Å². The second-order valence-electron chi connectivity index (χ2n) is 2.71. The second kappa shape index (κ2) is 4.65. The summed E-state index contributed by atoms with van der Waals surface area (Å²) in [6, 6.07) is 2.95. The molecule has 1 nitrogen and oxygen atoms in total. The van der Waals surface area contributed by atoms with Crippen LogP contribution in [0.25, 0.3) is 0 Å². The van der Waals surface area contributed by atoms with Crippen molar-refractivity contribution in [1.82, 2.24) is 0 Å². The smallest absolute Gasteiger partial charge is 0.264 e. The zero-order chi connectivity index (χ0) is 10.9. The third kappa shape index (κ3) is 2.50. The molecule has 0 fully saturated rings. The molecule has 0 bridgehead atoms. The lowest BCUT2D eigenvalue weighted by molar-refractivity contribution is 0.101. The van der Waals surface area contributed by atoms with Crippen molar-refractivity contribution in [3.05, 3.63) is 31.3 Å². The van der Waals surface area contributed by atoms with Crippen molar-refractivity contribution in [2.24, 2.45) is 0 Å². The molecule has 0 saturated carbocycles. The van der Waals surface area contributed by atoms with E-state index in [2.05, 4.69) is 15.9 Å². The molecule has 0 spiro atoms. The molecule has 0 amide bonds. The number of halogens is 4. The monoisotopic (exact) mass is 374 g/mol. The number of benzene rings is 1. The Morgan fingerprint density at radius 2 is 2.07 bits per heavy atom. The van der Waals surface area contributed by atoms with Crippen molar-refractivity contribution in [2.75, 3.05) is 0 Å². The van der Waals surface area contributed by atoms with Gasteiger partial charge in [-0.25, -0.2) is 8.78 Å². The van der Waals surface area contributed by atoms with Crippen LogP contribution in [0.2, 0.25) is 0 Å². The van der Waals surface area contributed by atoms with Crippen molar-refractivity contribution < 1.29 is 13.6 Å². The van der Waals surface area contributed by atoms with Gasteiger partial charge in [0.15, 0.2) is 5.78 Å². The summed E-state index contributed by atoms with van der Waals surface area (Å²) in [5.41, 5.74) is 0.161. The minimum absolute atomic E-state index is 0.137. The van der Waals surface area contributed by atoms with Crippen LogP contribution < -0.4 is 0 Å². The molecule has 14 heavy (non-hydrogen) atoms. The molecule has 0 radical (unpaired) electrons. The Morgan fingerprint density at radius 3 is 2.50 bits per heavy atom. The number of rotatable bonds is 2. The molecule has 76 valence electrons. The molecule has 0 unspecified atom stereocenters. The molecule has 0 N–H and O–H groups in total. The van der Waals surface area contributed by atoms with Crippen molar-refractivity contribution in [2.45, 2.75) is 13.3 Å². The summed E-state index contributed by atoms with van der Waals surface area (Å²) in [4.78, 5) is 11.1. The number of ketones is 1. The predicted octanol–water partition coefficient (Wildman–Crippen LogP) is 4.19. The van der Waals surface area contributed by atoms with E-state index in [4.69, 9.17) is 0 Å². The summed E-state index contributed by atoms with van der Waals surface area (Å²) in [5, 5.41) is 0. The van der Waals surface area contributed by atoms with E-state index in [1.165, 1.54) is 13.0 Å². The van der Waals surface area contributed by atoms with Crippen LogP contribution >= 0.6 is 38.5 Å². The highest BCUT2D eigenvalue weighted by atomic mass is 127. The predicted molar refractivity (Wildman–Crippen MR) is 61.8 cm³/mol. The van der Waals surface area contributed by atoms with E-state index < -0.39 is 6.43 Å². The van der Waals surface area contributed by atoms with Gasteiger partial charge in [0, 0.05) is 19.2 Å². The van der Waals surface area contributed by atoms with Crippen LogP contribution in [0.1, 0.15) is 29.3 Å². The van der Waals surface area contributed by atoms with E-state index in [1.54, 1.807) is 6.07 Å². The summed E-state index contributed by atoms with van der Waals surface area (Å²) in [6.45, 7) is 1.35. The quantitative estimate of drug-likeness (QED) is 0.560. The van der Waals surface area contributed by atoms with Crippen LogP contribution in [-0.4, -0.2) is 5.78 Å². The number of carbonyl (C=O) groups is 1. The average molecular weight is 375 g/mol. The Hall–Kier alpha value is -0.0400. The molecular formula is C9H6BrF2IO. The lowest BCUT2D eigenvalue weighted by Crippen LogP contribution is -1.99. The molecule has 0 saturated heterocycles. The highest BCUT2D eigenvalue weighted by Crippen LogP contribution is 2.32. The van der Waals surface area contributed by atoms with Gasteiger partial charge in [0.05, 0.1) is 0 Å². The first-order chi connectivity index (χ1) is 6.43. The van der Waals surface area contributed by atoms with Crippen LogP contribution in [0.5, 0.6) is 0 Å². The molecule has 1 aromatic carbocycles. The lowest BCUT2D eigenvalue weighted by atomic mass is 10.1. The normalized spacial score (nSPS) is 10.7. The van der Waals surface area contributed by atoms with Gasteiger partial charge in [-0.3, -0.25) is 4.79 Å². The third-order valence-electron chi connectivity index (χ3n) is 1.68. The van der Waals surface area contributed by atoms with Gasteiger partial charge < -0.3 is 0 Å². The zero-order valence-corrected chi connectivity index (χ0v) is 10.9. The summed E-state index contributed by atoms with van der Waals surface area (Å²) in [7, 11) is 0. The van der Waals surface area contributed by atoms with E-state index in [-0.39, 0.29) is 15.8 Å². The molecule has 0 aliphatic carbocycles. The van der Waals surface area contributed by atoms with Crippen molar-refractivity contribution in [1.29, 1.82) is 0 Å². The summed E-state index contributed by atoms with van der Waals surface area (Å²) < 4.78 is 25.8. The fraction of sp³-hybridized carbons (Fsp3) is 0.222. The number of hydrogen-bond acceptors (Lipinski definition) is 1. The van der Waals surface area contributed by atoms with Gasteiger partial charge in [-0.05, 0) is 57.6 Å². The maximum absolute atomic E-state index is 12.5. The molecule has 0 heterocycles. The number of carbonyl (C=O) groups excluding carboxylic acids is 1. The Bertz CT molecular complexity index is 379. The van der Waals surface area contributed by atoms with Gasteiger partial charge in [-0.1, -0.05) is 0 Å². The van der Waals surface area contributed by atoms with Crippen LogP contribution in [0.3, 0.4) is 0 Å². The summed E-state index contributed by atoms with van der Waals surface area (Å²) in [6.07, 6.45) is -2.57. The largest absolute Gasteiger partial charge is 0.294 e. The molecular weight excluding hydrogens is 369 g/mol. The van der Waals surface area contributed by atoms with Gasteiger partial charge in [0.25, 0.3) is 6.43 Å². The van der Waals surface area contributed by atoms with Gasteiger partial charge in [-0.2, -0.15) is 0 Å². The average Bonchev–Trinajstić information content (AvgIpc) is 2.07. The van der Waals surface area contributed by atoms with Crippen LogP contribution in [0.4, 0.5) is 8.78 Å². The fourth-order valence-electron chi connectivity index (χ4n) is 1.03. The van der Waals surface area contributed by atoms with E-state index in [9.17, 15) is 13.6 Å². The van der Waals surface area contributed by atoms with Crippen molar-refractivity contribution in [3.63, 3.8) is 0 Å². The Labute approximate surface area is 102 Å². The topological polar surface area (TPSA) is 17.1 Å². The lowest BCUT2D eigenvalue weighted by Gasteiger charge is -2.08. The minimum atomic E-state index is -2.57. The summed E-state index contributed by atoms with van der Waals surface area (Å²) >= 11 is 4.92. The van der Waals surface area contributed by atoms with E-state index in [0.717, 1.165) is 0 Å². The molecule has 0 aromatic heterocycles. The maximum atomic E-state index is 12.5. The maximum Gasteiger partial charge on any atom is 0.264 e. The second-order valence-corrected chi connectivity index (χ2v) is 4.75. The van der Waals surface area contributed by atoms with E-state index >= 15 is 0 Å². The highest BCUT2D eigenvalue weighted by Gasteiger charge is 2.17. The first-order valence-corrected chi connectivity index (χ1v) is 5.58. The van der Waals surface area contributed by atoms with E-state index in [0.29, 0.717) is 9.13 Å². The number of Topliss-reactive ketones (excluding diaryl/α,β-unsaturated/α-hetero) is 1. The molecule has 0 aliphatic heterocycles. The Kier molecular flexibility index (Phi) is 4.00. The molecule has 5 heteroatoms. The number of alkyl halides is 2. The van der Waals surface area contributed by atoms with Crippen LogP contribution in [-0.2, 0) is 0 Å². The van der Waals surface area contributed by atoms with Gasteiger partial charge in [0.2, 0.25) is 0 Å². The summed E-state index contributed by atoms with van der Waals surface area (Å²) in [5.74, 6) is -0.225. The minimum Gasteiger partial charge on any atom is -0.294 e. The fourth-order valence-corrected chi connectivity index (χ4v) is 2.35.